The average molecular weight is 498 g/mol. The first-order chi connectivity index (χ1) is 18.5. The van der Waals surface area contributed by atoms with Gasteiger partial charge in [0.1, 0.15) is 0 Å². The van der Waals surface area contributed by atoms with E-state index in [2.05, 4.69) is 135 Å². The fourth-order valence-electron chi connectivity index (χ4n) is 6.03. The summed E-state index contributed by atoms with van der Waals surface area (Å²) in [6.07, 6.45) is 18.8. The van der Waals surface area contributed by atoms with E-state index in [1.54, 1.807) is 0 Å². The summed E-state index contributed by atoms with van der Waals surface area (Å²) in [7, 11) is 0. The number of fused-ring (bicyclic) bond motifs is 3. The van der Waals surface area contributed by atoms with Crippen molar-refractivity contribution in [2.45, 2.75) is 46.0 Å². The van der Waals surface area contributed by atoms with Crippen LogP contribution in [0.1, 0.15) is 51.7 Å². The lowest BCUT2D eigenvalue weighted by atomic mass is 9.66. The fraction of sp³-hybridized carbons (Fsp3) is 0.243. The first kappa shape index (κ1) is 27.0. The van der Waals surface area contributed by atoms with Gasteiger partial charge in [0.25, 0.3) is 0 Å². The van der Waals surface area contributed by atoms with Crippen molar-refractivity contribution in [1.82, 2.24) is 4.90 Å². The maximum absolute atomic E-state index is 5.89. The lowest BCUT2D eigenvalue weighted by molar-refractivity contribution is 0.344. The van der Waals surface area contributed by atoms with Crippen LogP contribution in [0, 0.1) is 18.3 Å². The summed E-state index contributed by atoms with van der Waals surface area (Å²) in [6, 6.07) is 26.2. The van der Waals surface area contributed by atoms with Crippen LogP contribution < -0.4 is 10.4 Å². The second-order valence-corrected chi connectivity index (χ2v) is 10.0. The molecule has 3 aromatic carbocycles. The molecule has 1 atom stereocenters. The lowest BCUT2D eigenvalue weighted by Crippen LogP contribution is -2.34. The molecule has 0 saturated carbocycles. The number of benzene rings is 3. The van der Waals surface area contributed by atoms with Gasteiger partial charge in [0, 0.05) is 22.0 Å². The van der Waals surface area contributed by atoms with Gasteiger partial charge in [0.2, 0.25) is 0 Å². The van der Waals surface area contributed by atoms with Crippen LogP contribution in [0.4, 0.5) is 0 Å². The van der Waals surface area contributed by atoms with E-state index in [0.717, 1.165) is 34.7 Å². The predicted octanol–water partition coefficient (Wildman–Crippen LogP) is 7.58. The third-order valence-corrected chi connectivity index (χ3v) is 8.05. The number of allylic oxidation sites excluding steroid dienone is 4. The van der Waals surface area contributed by atoms with Crippen LogP contribution in [0.2, 0.25) is 0 Å². The molecule has 0 aliphatic heterocycles. The van der Waals surface area contributed by atoms with E-state index in [1.807, 2.05) is 13.0 Å². The summed E-state index contributed by atoms with van der Waals surface area (Å²) >= 11 is 0. The molecule has 0 spiro atoms. The first-order valence-electron chi connectivity index (χ1n) is 13.7. The van der Waals surface area contributed by atoms with Gasteiger partial charge in [-0.2, -0.15) is 0 Å². The highest BCUT2D eigenvalue weighted by molar-refractivity contribution is 5.81. The molecule has 0 aromatic heterocycles. The molecule has 1 unspecified atom stereocenters. The smallest absolute Gasteiger partial charge is 0.0840 e. The molecule has 0 N–H and O–H groups in total. The normalized spacial score (nSPS) is 15.7. The highest BCUT2D eigenvalue weighted by Gasteiger charge is 2.45. The molecule has 0 fully saturated rings. The summed E-state index contributed by atoms with van der Waals surface area (Å²) in [5, 5.41) is 2.07. The molecule has 0 saturated heterocycles. The number of hydrogen-bond donors (Lipinski definition) is 0. The average Bonchev–Trinajstić information content (AvgIpc) is 3.24. The van der Waals surface area contributed by atoms with Gasteiger partial charge in [-0.3, -0.25) is 0 Å². The van der Waals surface area contributed by atoms with Crippen LogP contribution in [-0.4, -0.2) is 11.4 Å². The van der Waals surface area contributed by atoms with Crippen molar-refractivity contribution in [1.29, 1.82) is 0 Å². The Morgan fingerprint density at radius 3 is 2.11 bits per heavy atom. The molecule has 3 aromatic rings. The van der Waals surface area contributed by atoms with Crippen LogP contribution in [-0.2, 0) is 5.41 Å². The van der Waals surface area contributed by atoms with E-state index in [0.29, 0.717) is 12.5 Å². The van der Waals surface area contributed by atoms with Crippen molar-refractivity contribution in [3.05, 3.63) is 130 Å². The zero-order valence-electron chi connectivity index (χ0n) is 23.2. The van der Waals surface area contributed by atoms with Crippen molar-refractivity contribution in [3.8, 4) is 23.5 Å². The topological polar surface area (TPSA) is 3.24 Å². The number of terminal acetylenes is 1. The summed E-state index contributed by atoms with van der Waals surface area (Å²) in [6.45, 7) is 13.6. The molecule has 0 bridgehead atoms. The van der Waals surface area contributed by atoms with Gasteiger partial charge in [-0.15, -0.1) is 6.42 Å². The minimum absolute atomic E-state index is 0.0861. The molecule has 38 heavy (non-hydrogen) atoms. The van der Waals surface area contributed by atoms with Crippen molar-refractivity contribution >= 4 is 12.3 Å². The number of hydrogen-bond acceptors (Lipinski definition) is 1. The second kappa shape index (κ2) is 12.0. The van der Waals surface area contributed by atoms with Crippen molar-refractivity contribution in [2.75, 3.05) is 6.54 Å². The zero-order valence-corrected chi connectivity index (χ0v) is 23.2. The van der Waals surface area contributed by atoms with Gasteiger partial charge in [0.05, 0.1) is 6.54 Å². The van der Waals surface area contributed by atoms with E-state index >= 15 is 0 Å². The highest BCUT2D eigenvalue weighted by atomic mass is 15.1. The van der Waals surface area contributed by atoms with Gasteiger partial charge in [-0.05, 0) is 65.8 Å². The fourth-order valence-corrected chi connectivity index (χ4v) is 6.03. The molecule has 1 aliphatic carbocycles. The van der Waals surface area contributed by atoms with Crippen molar-refractivity contribution in [2.24, 2.45) is 5.92 Å². The standard InChI is InChI=1S/C37H39N/c1-7-18-30(10-4)38(27-8-2)36(31-20-12-11-19-28(31)5)25-17-26-37(29(6)9-3)34-23-15-13-21-32(34)33-22-14-16-24-35(33)37/h2,7,10-25,29H,5,9,26-27H2,1,3-4,6H3/b18-7-,25-17-,30-10+,36-31+. The zero-order chi connectivity index (χ0) is 27.1. The van der Waals surface area contributed by atoms with Gasteiger partial charge in [0.15, 0.2) is 0 Å². The van der Waals surface area contributed by atoms with E-state index in [-0.39, 0.29) is 5.41 Å². The monoisotopic (exact) mass is 497 g/mol. The first-order valence-corrected chi connectivity index (χ1v) is 13.7. The molecule has 0 heterocycles. The molecule has 0 amide bonds. The van der Waals surface area contributed by atoms with Gasteiger partial charge >= 0.3 is 0 Å². The number of nitrogens with zero attached hydrogens (tertiary/aromatic N) is 1. The maximum Gasteiger partial charge on any atom is 0.0840 e. The summed E-state index contributed by atoms with van der Waals surface area (Å²) in [4.78, 5) is 2.22. The summed E-state index contributed by atoms with van der Waals surface area (Å²) in [5.74, 6) is 3.35. The quantitative estimate of drug-likeness (QED) is 0.218. The Bertz CT molecular complexity index is 1480. The third kappa shape index (κ3) is 4.80. The van der Waals surface area contributed by atoms with Crippen LogP contribution in [0.5, 0.6) is 0 Å². The molecule has 1 nitrogen and oxygen atoms in total. The Morgan fingerprint density at radius 1 is 0.947 bits per heavy atom. The second-order valence-electron chi connectivity index (χ2n) is 10.0. The molecule has 1 aliphatic rings. The largest absolute Gasteiger partial charge is 0.330 e. The van der Waals surface area contributed by atoms with E-state index in [9.17, 15) is 0 Å². The SMILES string of the molecule is C#CCN(C(/C=C\C)=C/C)C(/C=C\CC1(C(C)CC)c2ccccc2-c2ccccc21)=c1\ccccc1=C. The van der Waals surface area contributed by atoms with Crippen LogP contribution in [0.15, 0.2) is 109 Å². The Morgan fingerprint density at radius 2 is 1.55 bits per heavy atom. The van der Waals surface area contributed by atoms with E-state index in [1.165, 1.54) is 22.3 Å². The maximum atomic E-state index is 5.89. The number of rotatable bonds is 9. The van der Waals surface area contributed by atoms with Crippen molar-refractivity contribution in [3.63, 3.8) is 0 Å². The van der Waals surface area contributed by atoms with Gasteiger partial charge in [-0.1, -0.05) is 124 Å². The molecule has 192 valence electrons. The Labute approximate surface area is 229 Å². The summed E-state index contributed by atoms with van der Waals surface area (Å²) < 4.78 is 0. The third-order valence-electron chi connectivity index (χ3n) is 8.05. The van der Waals surface area contributed by atoms with Crippen LogP contribution >= 0.6 is 0 Å². The lowest BCUT2D eigenvalue weighted by Gasteiger charge is -2.37. The minimum atomic E-state index is -0.0861. The minimum Gasteiger partial charge on any atom is -0.330 e. The Kier molecular flexibility index (Phi) is 8.55. The Balaban J connectivity index is 1.91. The van der Waals surface area contributed by atoms with Crippen molar-refractivity contribution < 1.29 is 0 Å². The summed E-state index contributed by atoms with van der Waals surface area (Å²) in [5.41, 5.74) is 7.65. The highest BCUT2D eigenvalue weighted by Crippen LogP contribution is 2.55. The molecule has 4 rings (SSSR count). The molecular weight excluding hydrogens is 458 g/mol. The van der Waals surface area contributed by atoms with E-state index in [4.69, 9.17) is 6.42 Å². The predicted molar refractivity (Wildman–Crippen MR) is 165 cm³/mol. The van der Waals surface area contributed by atoms with Crippen LogP contribution in [0.25, 0.3) is 23.4 Å². The molecule has 1 heteroatoms. The van der Waals surface area contributed by atoms with Gasteiger partial charge in [-0.25, -0.2) is 0 Å². The molecular formula is C37H39N. The Hall–Kier alpha value is -4.02. The van der Waals surface area contributed by atoms with E-state index < -0.39 is 0 Å². The molecule has 0 radical (unpaired) electrons. The van der Waals surface area contributed by atoms with Gasteiger partial charge < -0.3 is 4.90 Å². The van der Waals surface area contributed by atoms with Crippen LogP contribution in [0.3, 0.4) is 0 Å².